The maximum atomic E-state index is 12.2. The van der Waals surface area contributed by atoms with Gasteiger partial charge in [0.2, 0.25) is 6.04 Å². The topological polar surface area (TPSA) is 108 Å². The summed E-state index contributed by atoms with van der Waals surface area (Å²) in [4.78, 5) is 49.8. The first kappa shape index (κ1) is 22.9. The molecule has 1 rings (SSSR count). The third-order valence-electron chi connectivity index (χ3n) is 4.08. The standard InChI is InChI=1S/C19H25NO8/c1-11(2)20(15(18(23)27-5)19(24)28-6)13-9-7-12(8-10-13)14(16(21)25-3)17(22)26-4/h7-11,14-15H,1-6H3. The Morgan fingerprint density at radius 2 is 1.11 bits per heavy atom. The molecule has 154 valence electrons. The van der Waals surface area contributed by atoms with Crippen LogP contribution < -0.4 is 4.90 Å². The Labute approximate surface area is 163 Å². The third-order valence-corrected chi connectivity index (χ3v) is 4.08. The summed E-state index contributed by atoms with van der Waals surface area (Å²) in [5.74, 6) is -4.31. The number of nitrogens with zero attached hydrogens (tertiary/aromatic N) is 1. The molecule has 0 bridgehead atoms. The summed E-state index contributed by atoms with van der Waals surface area (Å²) in [5, 5.41) is 0. The number of carbonyl (C=O) groups excluding carboxylic acids is 4. The molecule has 0 aliphatic heterocycles. The van der Waals surface area contributed by atoms with Gasteiger partial charge in [-0.1, -0.05) is 12.1 Å². The van der Waals surface area contributed by atoms with Gasteiger partial charge in [-0.15, -0.1) is 0 Å². The largest absolute Gasteiger partial charge is 0.468 e. The number of ether oxygens (including phenoxy) is 4. The van der Waals surface area contributed by atoms with Crippen molar-refractivity contribution in [2.45, 2.75) is 31.8 Å². The van der Waals surface area contributed by atoms with Crippen molar-refractivity contribution in [3.8, 4) is 0 Å². The Bertz CT molecular complexity index is 681. The molecule has 1 aromatic carbocycles. The van der Waals surface area contributed by atoms with Crippen molar-refractivity contribution in [2.24, 2.45) is 0 Å². The van der Waals surface area contributed by atoms with Crippen LogP contribution in [0.5, 0.6) is 0 Å². The summed E-state index contributed by atoms with van der Waals surface area (Å²) in [6.45, 7) is 3.58. The first-order valence-corrected chi connectivity index (χ1v) is 8.43. The number of carbonyl (C=O) groups is 4. The zero-order valence-electron chi connectivity index (χ0n) is 16.8. The summed E-state index contributed by atoms with van der Waals surface area (Å²) in [5.41, 5.74) is 0.840. The SMILES string of the molecule is COC(=O)C(C(=O)OC)c1ccc(N(C(C)C)C(C(=O)OC)C(=O)OC)cc1. The fraction of sp³-hybridized carbons (Fsp3) is 0.474. The lowest BCUT2D eigenvalue weighted by atomic mass is 9.98. The van der Waals surface area contributed by atoms with Crippen LogP contribution in [0, 0.1) is 0 Å². The third kappa shape index (κ3) is 4.99. The van der Waals surface area contributed by atoms with Gasteiger partial charge in [0.25, 0.3) is 0 Å². The van der Waals surface area contributed by atoms with Crippen LogP contribution >= 0.6 is 0 Å². The van der Waals surface area contributed by atoms with Gasteiger partial charge in [-0.25, -0.2) is 9.59 Å². The van der Waals surface area contributed by atoms with Crippen LogP contribution in [0.25, 0.3) is 0 Å². The molecule has 0 saturated carbocycles. The quantitative estimate of drug-likeness (QED) is 0.362. The lowest BCUT2D eigenvalue weighted by Gasteiger charge is -2.33. The first-order valence-electron chi connectivity index (χ1n) is 8.43. The van der Waals surface area contributed by atoms with E-state index in [4.69, 9.17) is 9.47 Å². The number of anilines is 1. The van der Waals surface area contributed by atoms with Crippen molar-refractivity contribution in [3.63, 3.8) is 0 Å². The fourth-order valence-corrected chi connectivity index (χ4v) is 2.73. The summed E-state index contributed by atoms with van der Waals surface area (Å²) < 4.78 is 18.8. The molecule has 0 atom stereocenters. The van der Waals surface area contributed by atoms with E-state index in [0.717, 1.165) is 0 Å². The lowest BCUT2D eigenvalue weighted by Crippen LogP contribution is -2.51. The van der Waals surface area contributed by atoms with Crippen molar-refractivity contribution < 1.29 is 38.1 Å². The van der Waals surface area contributed by atoms with E-state index in [9.17, 15) is 19.2 Å². The smallest absolute Gasteiger partial charge is 0.340 e. The van der Waals surface area contributed by atoms with Crippen LogP contribution in [0.15, 0.2) is 24.3 Å². The molecule has 0 N–H and O–H groups in total. The molecule has 9 nitrogen and oxygen atoms in total. The molecule has 0 spiro atoms. The Morgan fingerprint density at radius 3 is 1.43 bits per heavy atom. The Morgan fingerprint density at radius 1 is 0.714 bits per heavy atom. The van der Waals surface area contributed by atoms with E-state index in [1.807, 2.05) is 0 Å². The van der Waals surface area contributed by atoms with E-state index in [2.05, 4.69) is 9.47 Å². The second kappa shape index (κ2) is 10.3. The highest BCUT2D eigenvalue weighted by molar-refractivity contribution is 6.03. The van der Waals surface area contributed by atoms with Gasteiger partial charge >= 0.3 is 23.9 Å². The highest BCUT2D eigenvalue weighted by Crippen LogP contribution is 2.26. The number of hydrogen-bond acceptors (Lipinski definition) is 9. The highest BCUT2D eigenvalue weighted by atomic mass is 16.6. The number of rotatable bonds is 8. The van der Waals surface area contributed by atoms with Crippen molar-refractivity contribution in [3.05, 3.63) is 29.8 Å². The zero-order chi connectivity index (χ0) is 21.4. The lowest BCUT2D eigenvalue weighted by molar-refractivity contribution is -0.155. The van der Waals surface area contributed by atoms with E-state index in [0.29, 0.717) is 11.3 Å². The maximum Gasteiger partial charge on any atom is 0.340 e. The normalized spacial score (nSPS) is 10.6. The van der Waals surface area contributed by atoms with Crippen molar-refractivity contribution >= 4 is 29.6 Å². The molecule has 0 saturated heterocycles. The summed E-state index contributed by atoms with van der Waals surface area (Å²) in [6.07, 6.45) is 0. The molecule has 0 heterocycles. The van der Waals surface area contributed by atoms with Gasteiger partial charge in [-0.2, -0.15) is 0 Å². The Hall–Kier alpha value is -3.10. The van der Waals surface area contributed by atoms with Crippen molar-refractivity contribution in [1.82, 2.24) is 0 Å². The van der Waals surface area contributed by atoms with Gasteiger partial charge in [0.1, 0.15) is 0 Å². The maximum absolute atomic E-state index is 12.2. The molecular formula is C19H25NO8. The average molecular weight is 395 g/mol. The average Bonchev–Trinajstić information content (AvgIpc) is 2.70. The predicted molar refractivity (Wildman–Crippen MR) is 98.7 cm³/mol. The van der Waals surface area contributed by atoms with E-state index in [1.165, 1.54) is 45.5 Å². The molecule has 0 aliphatic carbocycles. The van der Waals surface area contributed by atoms with Crippen LogP contribution in [-0.4, -0.2) is 64.4 Å². The molecule has 0 aromatic heterocycles. The Kier molecular flexibility index (Phi) is 8.43. The minimum atomic E-state index is -1.31. The molecular weight excluding hydrogens is 370 g/mol. The molecule has 0 amide bonds. The predicted octanol–water partition coefficient (Wildman–Crippen LogP) is 1.05. The van der Waals surface area contributed by atoms with Gasteiger partial charge in [0, 0.05) is 11.7 Å². The number of methoxy groups -OCH3 is 4. The molecule has 9 heteroatoms. The van der Waals surface area contributed by atoms with Gasteiger partial charge in [0.05, 0.1) is 28.4 Å². The van der Waals surface area contributed by atoms with Crippen LogP contribution in [-0.2, 0) is 38.1 Å². The van der Waals surface area contributed by atoms with E-state index < -0.39 is 35.8 Å². The molecule has 28 heavy (non-hydrogen) atoms. The van der Waals surface area contributed by atoms with Crippen LogP contribution in [0.2, 0.25) is 0 Å². The monoisotopic (exact) mass is 395 g/mol. The van der Waals surface area contributed by atoms with Crippen LogP contribution in [0.4, 0.5) is 5.69 Å². The van der Waals surface area contributed by atoms with E-state index in [1.54, 1.807) is 26.0 Å². The van der Waals surface area contributed by atoms with Gasteiger partial charge in [-0.3, -0.25) is 9.59 Å². The minimum absolute atomic E-state index is 0.272. The number of benzene rings is 1. The second-order valence-electron chi connectivity index (χ2n) is 6.02. The summed E-state index contributed by atoms with van der Waals surface area (Å²) in [7, 11) is 4.70. The number of esters is 4. The first-order chi connectivity index (χ1) is 13.2. The van der Waals surface area contributed by atoms with Gasteiger partial charge in [0.15, 0.2) is 5.92 Å². The molecule has 0 aliphatic rings. The summed E-state index contributed by atoms with van der Waals surface area (Å²) in [6, 6.07) is 4.62. The molecule has 0 unspecified atom stereocenters. The van der Waals surface area contributed by atoms with Crippen LogP contribution in [0.3, 0.4) is 0 Å². The van der Waals surface area contributed by atoms with Crippen molar-refractivity contribution in [1.29, 1.82) is 0 Å². The van der Waals surface area contributed by atoms with E-state index in [-0.39, 0.29) is 6.04 Å². The van der Waals surface area contributed by atoms with E-state index >= 15 is 0 Å². The highest BCUT2D eigenvalue weighted by Gasteiger charge is 2.37. The van der Waals surface area contributed by atoms with Gasteiger partial charge < -0.3 is 23.8 Å². The van der Waals surface area contributed by atoms with Crippen molar-refractivity contribution in [2.75, 3.05) is 33.3 Å². The number of hydrogen-bond donors (Lipinski definition) is 0. The summed E-state index contributed by atoms with van der Waals surface area (Å²) >= 11 is 0. The second-order valence-corrected chi connectivity index (χ2v) is 6.02. The van der Waals surface area contributed by atoms with Crippen LogP contribution in [0.1, 0.15) is 25.3 Å². The molecule has 0 fully saturated rings. The Balaban J connectivity index is 3.36. The molecule has 0 radical (unpaired) electrons. The fourth-order valence-electron chi connectivity index (χ4n) is 2.73. The van der Waals surface area contributed by atoms with Gasteiger partial charge in [-0.05, 0) is 31.5 Å². The molecule has 1 aromatic rings. The minimum Gasteiger partial charge on any atom is -0.468 e. The zero-order valence-corrected chi connectivity index (χ0v) is 16.8.